The molecule has 0 amide bonds. The molecule has 0 aliphatic heterocycles. The molecule has 0 saturated heterocycles. The van der Waals surface area contributed by atoms with E-state index in [9.17, 15) is 0 Å². The average molecular weight is 287 g/mol. The average Bonchev–Trinajstić information content (AvgIpc) is 2.39. The fourth-order valence-electron chi connectivity index (χ4n) is 1.84. The molecule has 4 heteroatoms. The van der Waals surface area contributed by atoms with Gasteiger partial charge in [-0.05, 0) is 43.7 Å². The van der Waals surface area contributed by atoms with Gasteiger partial charge in [0.25, 0.3) is 0 Å². The SMILES string of the molecule is CCOc1cccc(Oc2cc(C)ccc2C(N)=S)c1. The molecule has 0 aromatic heterocycles. The van der Waals surface area contributed by atoms with E-state index in [4.69, 9.17) is 27.4 Å². The third kappa shape index (κ3) is 3.48. The minimum atomic E-state index is 0.320. The van der Waals surface area contributed by atoms with Crippen molar-refractivity contribution >= 4 is 17.2 Å². The van der Waals surface area contributed by atoms with Crippen molar-refractivity contribution in [3.05, 3.63) is 53.6 Å². The molecule has 2 N–H and O–H groups in total. The summed E-state index contributed by atoms with van der Waals surface area (Å²) in [7, 11) is 0. The Kier molecular flexibility index (Phi) is 4.58. The normalized spacial score (nSPS) is 10.1. The van der Waals surface area contributed by atoms with Crippen molar-refractivity contribution in [3.8, 4) is 17.2 Å². The topological polar surface area (TPSA) is 44.5 Å². The third-order valence-electron chi connectivity index (χ3n) is 2.75. The van der Waals surface area contributed by atoms with Gasteiger partial charge in [0.2, 0.25) is 0 Å². The van der Waals surface area contributed by atoms with Crippen molar-refractivity contribution in [2.75, 3.05) is 6.61 Å². The molecule has 0 aliphatic carbocycles. The Balaban J connectivity index is 2.31. The van der Waals surface area contributed by atoms with Crippen LogP contribution in [-0.2, 0) is 0 Å². The monoisotopic (exact) mass is 287 g/mol. The van der Waals surface area contributed by atoms with Crippen molar-refractivity contribution < 1.29 is 9.47 Å². The summed E-state index contributed by atoms with van der Waals surface area (Å²) in [5, 5.41) is 0. The molecule has 0 saturated carbocycles. The van der Waals surface area contributed by atoms with Gasteiger partial charge in [0, 0.05) is 6.07 Å². The zero-order valence-corrected chi connectivity index (χ0v) is 12.4. The predicted molar refractivity (Wildman–Crippen MR) is 84.8 cm³/mol. The number of aryl methyl sites for hydroxylation is 1. The second-order valence-corrected chi connectivity index (χ2v) is 4.81. The van der Waals surface area contributed by atoms with Crippen molar-refractivity contribution in [1.82, 2.24) is 0 Å². The minimum absolute atomic E-state index is 0.320. The van der Waals surface area contributed by atoms with Crippen LogP contribution in [0.1, 0.15) is 18.1 Å². The number of hydrogen-bond acceptors (Lipinski definition) is 3. The van der Waals surface area contributed by atoms with Gasteiger partial charge in [0.15, 0.2) is 0 Å². The Morgan fingerprint density at radius 2 is 1.90 bits per heavy atom. The van der Waals surface area contributed by atoms with Crippen LogP contribution in [0, 0.1) is 6.92 Å². The van der Waals surface area contributed by atoms with E-state index in [-0.39, 0.29) is 0 Å². The lowest BCUT2D eigenvalue weighted by atomic mass is 10.1. The highest BCUT2D eigenvalue weighted by Crippen LogP contribution is 2.28. The number of ether oxygens (including phenoxy) is 2. The number of thiocarbonyl (C=S) groups is 1. The lowest BCUT2D eigenvalue weighted by molar-refractivity contribution is 0.338. The molecule has 0 spiro atoms. The van der Waals surface area contributed by atoms with Crippen molar-refractivity contribution in [2.45, 2.75) is 13.8 Å². The first-order valence-electron chi connectivity index (χ1n) is 6.41. The first kappa shape index (κ1) is 14.3. The largest absolute Gasteiger partial charge is 0.494 e. The summed E-state index contributed by atoms with van der Waals surface area (Å²) in [4.78, 5) is 0.320. The van der Waals surface area contributed by atoms with Gasteiger partial charge >= 0.3 is 0 Å². The van der Waals surface area contributed by atoms with Gasteiger partial charge in [0.05, 0.1) is 12.2 Å². The first-order valence-corrected chi connectivity index (χ1v) is 6.82. The Labute approximate surface area is 124 Å². The minimum Gasteiger partial charge on any atom is -0.494 e. The molecule has 0 heterocycles. The number of benzene rings is 2. The van der Waals surface area contributed by atoms with Gasteiger partial charge in [-0.2, -0.15) is 0 Å². The Morgan fingerprint density at radius 3 is 2.60 bits per heavy atom. The number of hydrogen-bond donors (Lipinski definition) is 1. The van der Waals surface area contributed by atoms with Gasteiger partial charge in [-0.25, -0.2) is 0 Å². The number of rotatable bonds is 5. The van der Waals surface area contributed by atoms with Gasteiger partial charge < -0.3 is 15.2 Å². The van der Waals surface area contributed by atoms with Crippen LogP contribution in [0.4, 0.5) is 0 Å². The molecule has 20 heavy (non-hydrogen) atoms. The van der Waals surface area contributed by atoms with Gasteiger partial charge in [0.1, 0.15) is 22.2 Å². The van der Waals surface area contributed by atoms with Gasteiger partial charge in [-0.3, -0.25) is 0 Å². The summed E-state index contributed by atoms with van der Waals surface area (Å²) < 4.78 is 11.3. The second kappa shape index (κ2) is 6.39. The zero-order valence-electron chi connectivity index (χ0n) is 11.6. The lowest BCUT2D eigenvalue weighted by Gasteiger charge is -2.12. The van der Waals surface area contributed by atoms with E-state index in [1.807, 2.05) is 56.3 Å². The van der Waals surface area contributed by atoms with E-state index < -0.39 is 0 Å². The highest BCUT2D eigenvalue weighted by molar-refractivity contribution is 7.80. The molecule has 0 fully saturated rings. The fourth-order valence-corrected chi connectivity index (χ4v) is 2.01. The summed E-state index contributed by atoms with van der Waals surface area (Å²) in [5.74, 6) is 2.12. The third-order valence-corrected chi connectivity index (χ3v) is 2.97. The van der Waals surface area contributed by atoms with E-state index in [0.717, 1.165) is 16.9 Å². The van der Waals surface area contributed by atoms with Crippen molar-refractivity contribution in [2.24, 2.45) is 5.73 Å². The van der Waals surface area contributed by atoms with E-state index in [1.165, 1.54) is 0 Å². The molecular formula is C16H17NO2S. The molecule has 0 aliphatic rings. The van der Waals surface area contributed by atoms with Gasteiger partial charge in [-0.15, -0.1) is 0 Å². The lowest BCUT2D eigenvalue weighted by Crippen LogP contribution is -2.10. The standard InChI is InChI=1S/C16H17NO2S/c1-3-18-12-5-4-6-13(10-12)19-15-9-11(2)7-8-14(15)16(17)20/h4-10H,3H2,1-2H3,(H2,17,20). The van der Waals surface area contributed by atoms with Crippen molar-refractivity contribution in [1.29, 1.82) is 0 Å². The Morgan fingerprint density at radius 1 is 1.15 bits per heavy atom. The van der Waals surface area contributed by atoms with Crippen LogP contribution >= 0.6 is 12.2 Å². The summed E-state index contributed by atoms with van der Waals surface area (Å²) in [6.45, 7) is 4.55. The first-order chi connectivity index (χ1) is 9.60. The summed E-state index contributed by atoms with van der Waals surface area (Å²) >= 11 is 5.05. The molecule has 2 rings (SSSR count). The molecule has 2 aromatic rings. The van der Waals surface area contributed by atoms with Crippen LogP contribution in [0.3, 0.4) is 0 Å². The van der Waals surface area contributed by atoms with E-state index >= 15 is 0 Å². The molecule has 2 aromatic carbocycles. The van der Waals surface area contributed by atoms with Crippen LogP contribution in [0.5, 0.6) is 17.2 Å². The molecule has 3 nitrogen and oxygen atoms in total. The maximum absolute atomic E-state index is 5.89. The maximum Gasteiger partial charge on any atom is 0.137 e. The predicted octanol–water partition coefficient (Wildman–Crippen LogP) is 3.82. The second-order valence-electron chi connectivity index (χ2n) is 4.37. The molecule has 0 unspecified atom stereocenters. The van der Waals surface area contributed by atoms with E-state index in [1.54, 1.807) is 0 Å². The molecule has 104 valence electrons. The smallest absolute Gasteiger partial charge is 0.137 e. The van der Waals surface area contributed by atoms with E-state index in [0.29, 0.717) is 23.1 Å². The molecule has 0 atom stereocenters. The fraction of sp³-hybridized carbons (Fsp3) is 0.188. The molecule has 0 bridgehead atoms. The van der Waals surface area contributed by atoms with Crippen LogP contribution in [0.25, 0.3) is 0 Å². The van der Waals surface area contributed by atoms with Crippen LogP contribution in [-0.4, -0.2) is 11.6 Å². The zero-order chi connectivity index (χ0) is 14.5. The van der Waals surface area contributed by atoms with Crippen LogP contribution < -0.4 is 15.2 Å². The quantitative estimate of drug-likeness (QED) is 0.849. The number of nitrogens with two attached hydrogens (primary N) is 1. The van der Waals surface area contributed by atoms with Crippen molar-refractivity contribution in [3.63, 3.8) is 0 Å². The Hall–Kier alpha value is -2.07. The van der Waals surface area contributed by atoms with Gasteiger partial charge in [-0.1, -0.05) is 24.4 Å². The maximum atomic E-state index is 5.89. The van der Waals surface area contributed by atoms with Crippen LogP contribution in [0.15, 0.2) is 42.5 Å². The summed E-state index contributed by atoms with van der Waals surface area (Å²) in [6.07, 6.45) is 0. The van der Waals surface area contributed by atoms with E-state index in [2.05, 4.69) is 0 Å². The Bertz CT molecular complexity index is 626. The highest BCUT2D eigenvalue weighted by Gasteiger charge is 2.08. The highest BCUT2D eigenvalue weighted by atomic mass is 32.1. The summed E-state index contributed by atoms with van der Waals surface area (Å²) in [6, 6.07) is 13.2. The molecule has 0 radical (unpaired) electrons. The van der Waals surface area contributed by atoms with Crippen LogP contribution in [0.2, 0.25) is 0 Å². The summed E-state index contributed by atoms with van der Waals surface area (Å²) in [5.41, 5.74) is 7.54. The molecular weight excluding hydrogens is 270 g/mol.